The predicted octanol–water partition coefficient (Wildman–Crippen LogP) is 2.29. The van der Waals surface area contributed by atoms with Gasteiger partial charge in [0.25, 0.3) is 5.91 Å². The SMILES string of the molecule is COc1ccc(OCC(=O)NCC2CCN(S(=O)(=O)c3ccccc3)CC2)cc1. The quantitative estimate of drug-likeness (QED) is 0.711. The summed E-state index contributed by atoms with van der Waals surface area (Å²) in [6.45, 7) is 1.37. The summed E-state index contributed by atoms with van der Waals surface area (Å²) >= 11 is 0. The molecule has 3 rings (SSSR count). The van der Waals surface area contributed by atoms with Crippen molar-refractivity contribution in [3.63, 3.8) is 0 Å². The van der Waals surface area contributed by atoms with E-state index in [9.17, 15) is 13.2 Å². The maximum absolute atomic E-state index is 12.7. The van der Waals surface area contributed by atoms with Gasteiger partial charge in [-0.1, -0.05) is 18.2 Å². The molecule has 1 aliphatic rings. The van der Waals surface area contributed by atoms with E-state index in [4.69, 9.17) is 9.47 Å². The van der Waals surface area contributed by atoms with Gasteiger partial charge in [-0.25, -0.2) is 8.42 Å². The number of nitrogens with zero attached hydrogens (tertiary/aromatic N) is 1. The van der Waals surface area contributed by atoms with Gasteiger partial charge in [-0.2, -0.15) is 4.31 Å². The summed E-state index contributed by atoms with van der Waals surface area (Å²) in [6.07, 6.45) is 1.43. The summed E-state index contributed by atoms with van der Waals surface area (Å²) in [5.74, 6) is 1.38. The van der Waals surface area contributed by atoms with E-state index in [1.54, 1.807) is 61.7 Å². The summed E-state index contributed by atoms with van der Waals surface area (Å²) in [6, 6.07) is 15.5. The van der Waals surface area contributed by atoms with E-state index < -0.39 is 10.0 Å². The van der Waals surface area contributed by atoms with E-state index in [2.05, 4.69) is 5.32 Å². The van der Waals surface area contributed by atoms with Gasteiger partial charge < -0.3 is 14.8 Å². The lowest BCUT2D eigenvalue weighted by Gasteiger charge is -2.31. The molecule has 1 aliphatic heterocycles. The van der Waals surface area contributed by atoms with Crippen molar-refractivity contribution >= 4 is 15.9 Å². The molecular formula is C21H26N2O5S. The highest BCUT2D eigenvalue weighted by molar-refractivity contribution is 7.89. The molecule has 1 saturated heterocycles. The molecule has 0 unspecified atom stereocenters. The van der Waals surface area contributed by atoms with Crippen molar-refractivity contribution in [2.45, 2.75) is 17.7 Å². The van der Waals surface area contributed by atoms with Gasteiger partial charge in [0.2, 0.25) is 10.0 Å². The van der Waals surface area contributed by atoms with Crippen LogP contribution in [-0.4, -0.2) is 52.0 Å². The molecule has 156 valence electrons. The number of amides is 1. The maximum atomic E-state index is 12.7. The molecule has 0 radical (unpaired) electrons. The van der Waals surface area contributed by atoms with Gasteiger partial charge >= 0.3 is 0 Å². The number of carbonyl (C=O) groups is 1. The Balaban J connectivity index is 1.40. The number of hydrogen-bond acceptors (Lipinski definition) is 5. The molecule has 0 bridgehead atoms. The molecule has 2 aromatic rings. The summed E-state index contributed by atoms with van der Waals surface area (Å²) in [7, 11) is -1.86. The summed E-state index contributed by atoms with van der Waals surface area (Å²) < 4.78 is 37.4. The second-order valence-electron chi connectivity index (χ2n) is 6.93. The normalized spacial score (nSPS) is 15.6. The lowest BCUT2D eigenvalue weighted by atomic mass is 9.98. The van der Waals surface area contributed by atoms with Gasteiger partial charge in [-0.15, -0.1) is 0 Å². The number of piperidine rings is 1. The standard InChI is InChI=1S/C21H26N2O5S/c1-27-18-7-9-19(10-8-18)28-16-21(24)22-15-17-11-13-23(14-12-17)29(25,26)20-5-3-2-4-6-20/h2-10,17H,11-16H2,1H3,(H,22,24). The second kappa shape index (κ2) is 9.76. The van der Waals surface area contributed by atoms with Gasteiger partial charge in [0.15, 0.2) is 6.61 Å². The number of carbonyl (C=O) groups excluding carboxylic acids is 1. The van der Waals surface area contributed by atoms with Gasteiger partial charge in [0.05, 0.1) is 12.0 Å². The summed E-state index contributed by atoms with van der Waals surface area (Å²) in [5, 5.41) is 2.87. The van der Waals surface area contributed by atoms with Crippen molar-refractivity contribution in [1.29, 1.82) is 0 Å². The van der Waals surface area contributed by atoms with Gasteiger partial charge in [0.1, 0.15) is 11.5 Å². The molecular weight excluding hydrogens is 392 g/mol. The Morgan fingerprint density at radius 3 is 2.28 bits per heavy atom. The Hall–Kier alpha value is -2.58. The highest BCUT2D eigenvalue weighted by Crippen LogP contribution is 2.23. The third kappa shape index (κ3) is 5.71. The van der Waals surface area contributed by atoms with Crippen molar-refractivity contribution in [2.24, 2.45) is 5.92 Å². The average molecular weight is 419 g/mol. The number of nitrogens with one attached hydrogen (secondary N) is 1. The molecule has 1 fully saturated rings. The number of ether oxygens (including phenoxy) is 2. The summed E-state index contributed by atoms with van der Waals surface area (Å²) in [5.41, 5.74) is 0. The van der Waals surface area contributed by atoms with Crippen molar-refractivity contribution in [1.82, 2.24) is 9.62 Å². The van der Waals surface area contributed by atoms with Crippen LogP contribution in [-0.2, 0) is 14.8 Å². The first-order valence-corrected chi connectivity index (χ1v) is 11.0. The van der Waals surface area contributed by atoms with Gasteiger partial charge in [0, 0.05) is 19.6 Å². The fraction of sp³-hybridized carbons (Fsp3) is 0.381. The van der Waals surface area contributed by atoms with E-state index in [0.29, 0.717) is 43.1 Å². The van der Waals surface area contributed by atoms with Crippen LogP contribution < -0.4 is 14.8 Å². The summed E-state index contributed by atoms with van der Waals surface area (Å²) in [4.78, 5) is 12.3. The van der Waals surface area contributed by atoms with Crippen molar-refractivity contribution in [3.05, 3.63) is 54.6 Å². The number of methoxy groups -OCH3 is 1. The molecule has 29 heavy (non-hydrogen) atoms. The van der Waals surface area contributed by atoms with Crippen LogP contribution in [0.5, 0.6) is 11.5 Å². The van der Waals surface area contributed by atoms with Crippen molar-refractivity contribution in [3.8, 4) is 11.5 Å². The first-order valence-electron chi connectivity index (χ1n) is 9.58. The Kier molecular flexibility index (Phi) is 7.11. The Labute approximate surface area is 171 Å². The molecule has 1 N–H and O–H groups in total. The first-order chi connectivity index (χ1) is 14.0. The van der Waals surface area contributed by atoms with Gasteiger partial charge in [-0.05, 0) is 55.2 Å². The van der Waals surface area contributed by atoms with Crippen LogP contribution in [0.25, 0.3) is 0 Å². The number of benzene rings is 2. The first kappa shape index (κ1) is 21.1. The highest BCUT2D eigenvalue weighted by atomic mass is 32.2. The largest absolute Gasteiger partial charge is 0.497 e. The zero-order chi connectivity index (χ0) is 20.7. The second-order valence-corrected chi connectivity index (χ2v) is 8.87. The van der Waals surface area contributed by atoms with Crippen LogP contribution in [0.15, 0.2) is 59.5 Å². The van der Waals surface area contributed by atoms with E-state index >= 15 is 0 Å². The molecule has 0 atom stereocenters. The van der Waals surface area contributed by atoms with Crippen LogP contribution in [0.3, 0.4) is 0 Å². The lowest BCUT2D eigenvalue weighted by molar-refractivity contribution is -0.123. The Morgan fingerprint density at radius 1 is 1.03 bits per heavy atom. The third-order valence-electron chi connectivity index (χ3n) is 4.97. The molecule has 7 nitrogen and oxygen atoms in total. The molecule has 0 aromatic heterocycles. The lowest BCUT2D eigenvalue weighted by Crippen LogP contribution is -2.42. The van der Waals surface area contributed by atoms with Gasteiger partial charge in [-0.3, -0.25) is 4.79 Å². The van der Waals surface area contributed by atoms with E-state index in [1.165, 1.54) is 4.31 Å². The predicted molar refractivity (Wildman–Crippen MR) is 109 cm³/mol. The Morgan fingerprint density at radius 2 is 1.66 bits per heavy atom. The fourth-order valence-electron chi connectivity index (χ4n) is 3.23. The minimum absolute atomic E-state index is 0.0619. The molecule has 0 saturated carbocycles. The topological polar surface area (TPSA) is 84.9 Å². The zero-order valence-electron chi connectivity index (χ0n) is 16.4. The minimum atomic E-state index is -3.44. The number of hydrogen-bond donors (Lipinski definition) is 1. The van der Waals surface area contributed by atoms with E-state index in [-0.39, 0.29) is 18.4 Å². The monoisotopic (exact) mass is 418 g/mol. The Bertz CT molecular complexity index is 892. The number of sulfonamides is 1. The van der Waals surface area contributed by atoms with E-state index in [0.717, 1.165) is 5.75 Å². The van der Waals surface area contributed by atoms with Crippen LogP contribution in [0.1, 0.15) is 12.8 Å². The van der Waals surface area contributed by atoms with Crippen molar-refractivity contribution in [2.75, 3.05) is 33.4 Å². The van der Waals surface area contributed by atoms with Crippen molar-refractivity contribution < 1.29 is 22.7 Å². The highest BCUT2D eigenvalue weighted by Gasteiger charge is 2.29. The van der Waals surface area contributed by atoms with Crippen LogP contribution in [0.4, 0.5) is 0 Å². The number of rotatable bonds is 8. The fourth-order valence-corrected chi connectivity index (χ4v) is 4.72. The van der Waals surface area contributed by atoms with Crippen LogP contribution >= 0.6 is 0 Å². The molecule has 1 amide bonds. The van der Waals surface area contributed by atoms with Crippen LogP contribution in [0.2, 0.25) is 0 Å². The molecule has 8 heteroatoms. The minimum Gasteiger partial charge on any atom is -0.497 e. The molecule has 1 heterocycles. The average Bonchev–Trinajstić information content (AvgIpc) is 2.77. The zero-order valence-corrected chi connectivity index (χ0v) is 17.2. The third-order valence-corrected chi connectivity index (χ3v) is 6.88. The molecule has 2 aromatic carbocycles. The smallest absolute Gasteiger partial charge is 0.257 e. The maximum Gasteiger partial charge on any atom is 0.257 e. The van der Waals surface area contributed by atoms with E-state index in [1.807, 2.05) is 0 Å². The van der Waals surface area contributed by atoms with Crippen LogP contribution in [0, 0.1) is 5.92 Å². The molecule has 0 aliphatic carbocycles. The molecule has 0 spiro atoms.